The Morgan fingerprint density at radius 3 is 2.31 bits per heavy atom. The van der Waals surface area contributed by atoms with Crippen LogP contribution in [0.4, 0.5) is 0 Å². The van der Waals surface area contributed by atoms with E-state index in [1.807, 2.05) is 11.6 Å². The van der Waals surface area contributed by atoms with Crippen molar-refractivity contribution in [1.29, 1.82) is 5.26 Å². The Morgan fingerprint density at radius 1 is 1.25 bits per heavy atom. The van der Waals surface area contributed by atoms with Crippen LogP contribution < -0.4 is 0 Å². The van der Waals surface area contributed by atoms with Crippen molar-refractivity contribution in [3.63, 3.8) is 0 Å². The van der Waals surface area contributed by atoms with Crippen LogP contribution in [0.25, 0.3) is 0 Å². The van der Waals surface area contributed by atoms with E-state index in [9.17, 15) is 5.26 Å². The molecule has 0 N–H and O–H groups in total. The van der Waals surface area contributed by atoms with Gasteiger partial charge in [-0.3, -0.25) is 0 Å². The van der Waals surface area contributed by atoms with E-state index in [0.717, 1.165) is 12.1 Å². The van der Waals surface area contributed by atoms with Gasteiger partial charge in [-0.25, -0.2) is 0 Å². The minimum Gasteiger partial charge on any atom is -0.339 e. The molecule has 16 heavy (non-hydrogen) atoms. The van der Waals surface area contributed by atoms with E-state index in [1.165, 1.54) is 16.8 Å². The van der Waals surface area contributed by atoms with Gasteiger partial charge in [0.1, 0.15) is 11.8 Å². The Labute approximate surface area is 97.9 Å². The molecular formula is C14H20N2. The average molecular weight is 216 g/mol. The number of fused-ring (bicyclic) bond motifs is 1. The average Bonchev–Trinajstić information content (AvgIpc) is 2.47. The van der Waals surface area contributed by atoms with Crippen LogP contribution in [0.2, 0.25) is 0 Å². The Bertz CT molecular complexity index is 496. The first kappa shape index (κ1) is 11.3. The van der Waals surface area contributed by atoms with Crippen molar-refractivity contribution in [2.45, 2.75) is 46.5 Å². The van der Waals surface area contributed by atoms with Gasteiger partial charge >= 0.3 is 0 Å². The van der Waals surface area contributed by atoms with Gasteiger partial charge in [0.05, 0.1) is 0 Å². The van der Waals surface area contributed by atoms with Crippen molar-refractivity contribution >= 4 is 0 Å². The second kappa shape index (κ2) is 2.91. The highest BCUT2D eigenvalue weighted by Crippen LogP contribution is 2.53. The van der Waals surface area contributed by atoms with Crippen LogP contribution in [-0.2, 0) is 18.9 Å². The standard InChI is InChI=1S/C14H20N2/c1-9-12-10(11(8-15)16(9)6)7-13(2,3)14(12,4)5/h7H2,1-6H3. The van der Waals surface area contributed by atoms with Crippen LogP contribution in [0.5, 0.6) is 0 Å². The topological polar surface area (TPSA) is 28.7 Å². The summed E-state index contributed by atoms with van der Waals surface area (Å²) < 4.78 is 2.04. The molecular weight excluding hydrogens is 196 g/mol. The van der Waals surface area contributed by atoms with E-state index in [0.29, 0.717) is 0 Å². The van der Waals surface area contributed by atoms with Crippen LogP contribution >= 0.6 is 0 Å². The van der Waals surface area contributed by atoms with Crippen LogP contribution in [0.3, 0.4) is 0 Å². The zero-order valence-corrected chi connectivity index (χ0v) is 11.1. The number of nitrogens with zero attached hydrogens (tertiary/aromatic N) is 2. The quantitative estimate of drug-likeness (QED) is 0.655. The zero-order chi connectivity index (χ0) is 12.3. The van der Waals surface area contributed by atoms with Gasteiger partial charge in [0.15, 0.2) is 0 Å². The molecule has 0 spiro atoms. The smallest absolute Gasteiger partial charge is 0.123 e. The molecule has 2 rings (SSSR count). The summed E-state index contributed by atoms with van der Waals surface area (Å²) in [6.45, 7) is 11.3. The fourth-order valence-electron chi connectivity index (χ4n) is 3.02. The Balaban J connectivity index is 2.78. The molecule has 2 heteroatoms. The zero-order valence-electron chi connectivity index (χ0n) is 11.1. The molecule has 0 unspecified atom stereocenters. The third kappa shape index (κ3) is 1.06. The molecule has 1 aliphatic rings. The molecule has 0 radical (unpaired) electrons. The van der Waals surface area contributed by atoms with Crippen molar-refractivity contribution in [3.8, 4) is 6.07 Å². The highest BCUT2D eigenvalue weighted by Gasteiger charge is 2.48. The fourth-order valence-corrected chi connectivity index (χ4v) is 3.02. The highest BCUT2D eigenvalue weighted by atomic mass is 15.0. The predicted molar refractivity (Wildman–Crippen MR) is 65.4 cm³/mol. The first-order valence-corrected chi connectivity index (χ1v) is 5.83. The number of rotatable bonds is 0. The van der Waals surface area contributed by atoms with Gasteiger partial charge in [0.25, 0.3) is 0 Å². The summed E-state index contributed by atoms with van der Waals surface area (Å²) in [5.74, 6) is 0. The molecule has 2 nitrogen and oxygen atoms in total. The monoisotopic (exact) mass is 216 g/mol. The summed E-state index contributed by atoms with van der Waals surface area (Å²) in [5.41, 5.74) is 5.17. The first-order chi connectivity index (χ1) is 7.24. The maximum absolute atomic E-state index is 9.27. The summed E-state index contributed by atoms with van der Waals surface area (Å²) >= 11 is 0. The summed E-state index contributed by atoms with van der Waals surface area (Å²) in [5, 5.41) is 9.27. The number of hydrogen-bond donors (Lipinski definition) is 0. The molecule has 0 aliphatic heterocycles. The van der Waals surface area contributed by atoms with Crippen LogP contribution in [0.1, 0.15) is 50.2 Å². The summed E-state index contributed by atoms with van der Waals surface area (Å²) in [6.07, 6.45) is 1.01. The largest absolute Gasteiger partial charge is 0.339 e. The molecule has 1 aromatic rings. The molecule has 0 saturated carbocycles. The van der Waals surface area contributed by atoms with Crippen LogP contribution in [0.15, 0.2) is 0 Å². The lowest BCUT2D eigenvalue weighted by molar-refractivity contribution is 0.223. The number of hydrogen-bond acceptors (Lipinski definition) is 1. The van der Waals surface area contributed by atoms with E-state index >= 15 is 0 Å². The van der Waals surface area contributed by atoms with E-state index in [4.69, 9.17) is 0 Å². The van der Waals surface area contributed by atoms with Gasteiger partial charge in [0, 0.05) is 12.7 Å². The van der Waals surface area contributed by atoms with Gasteiger partial charge in [-0.15, -0.1) is 0 Å². The normalized spacial score (nSPS) is 20.6. The molecule has 0 bridgehead atoms. The molecule has 86 valence electrons. The van der Waals surface area contributed by atoms with Crippen molar-refractivity contribution in [2.75, 3.05) is 0 Å². The predicted octanol–water partition coefficient (Wildman–Crippen LogP) is 3.07. The SMILES string of the molecule is Cc1c2c(c(C#N)n1C)CC(C)(C)C2(C)C. The van der Waals surface area contributed by atoms with Crippen molar-refractivity contribution in [3.05, 3.63) is 22.5 Å². The summed E-state index contributed by atoms with van der Waals surface area (Å²) in [4.78, 5) is 0. The van der Waals surface area contributed by atoms with E-state index in [1.54, 1.807) is 0 Å². The second-order valence-electron chi connectivity index (χ2n) is 6.14. The van der Waals surface area contributed by atoms with Crippen molar-refractivity contribution in [1.82, 2.24) is 4.57 Å². The van der Waals surface area contributed by atoms with Gasteiger partial charge in [-0.2, -0.15) is 5.26 Å². The van der Waals surface area contributed by atoms with E-state index in [2.05, 4.69) is 40.7 Å². The molecule has 0 amide bonds. The van der Waals surface area contributed by atoms with Gasteiger partial charge < -0.3 is 4.57 Å². The Morgan fingerprint density at radius 2 is 1.81 bits per heavy atom. The molecule has 1 heterocycles. The maximum atomic E-state index is 9.27. The second-order valence-corrected chi connectivity index (χ2v) is 6.14. The molecule has 0 saturated heterocycles. The summed E-state index contributed by atoms with van der Waals surface area (Å²) in [7, 11) is 2.00. The third-order valence-electron chi connectivity index (χ3n) is 4.83. The lowest BCUT2D eigenvalue weighted by atomic mass is 9.68. The van der Waals surface area contributed by atoms with Gasteiger partial charge in [-0.1, -0.05) is 27.7 Å². The lowest BCUT2D eigenvalue weighted by Gasteiger charge is -2.36. The molecule has 1 aliphatic carbocycles. The van der Waals surface area contributed by atoms with Crippen molar-refractivity contribution < 1.29 is 0 Å². The molecule has 0 fully saturated rings. The van der Waals surface area contributed by atoms with E-state index in [-0.39, 0.29) is 10.8 Å². The van der Waals surface area contributed by atoms with Gasteiger partial charge in [-0.05, 0) is 35.3 Å². The molecule has 1 aromatic heterocycles. The first-order valence-electron chi connectivity index (χ1n) is 5.83. The minimum atomic E-state index is 0.152. The number of nitriles is 1. The van der Waals surface area contributed by atoms with Gasteiger partial charge in [0.2, 0.25) is 0 Å². The highest BCUT2D eigenvalue weighted by molar-refractivity contribution is 5.53. The van der Waals surface area contributed by atoms with Crippen LogP contribution in [0, 0.1) is 23.7 Å². The fraction of sp³-hybridized carbons (Fsp3) is 0.643. The molecule has 0 atom stereocenters. The van der Waals surface area contributed by atoms with Crippen molar-refractivity contribution in [2.24, 2.45) is 12.5 Å². The minimum absolute atomic E-state index is 0.152. The lowest BCUT2D eigenvalue weighted by Crippen LogP contribution is -2.33. The number of aromatic nitrogens is 1. The summed E-state index contributed by atoms with van der Waals surface area (Å²) in [6, 6.07) is 2.35. The maximum Gasteiger partial charge on any atom is 0.123 e. The Hall–Kier alpha value is -1.23. The van der Waals surface area contributed by atoms with E-state index < -0.39 is 0 Å². The Kier molecular flexibility index (Phi) is 2.05. The molecule has 0 aromatic carbocycles. The third-order valence-corrected chi connectivity index (χ3v) is 4.83. The van der Waals surface area contributed by atoms with Crippen LogP contribution in [-0.4, -0.2) is 4.57 Å².